The Hall–Kier alpha value is -3.37. The Morgan fingerprint density at radius 2 is 1.39 bits per heavy atom. The number of benzene rings is 2. The van der Waals surface area contributed by atoms with Crippen LogP contribution in [0.2, 0.25) is 0 Å². The van der Waals surface area contributed by atoms with Crippen LogP contribution in [0.3, 0.4) is 0 Å². The average molecular weight is 602 g/mol. The highest BCUT2D eigenvalue weighted by Gasteiger charge is 2.36. The molecule has 1 fully saturated rings. The van der Waals surface area contributed by atoms with Gasteiger partial charge < -0.3 is 14.2 Å². The van der Waals surface area contributed by atoms with Gasteiger partial charge in [-0.15, -0.1) is 24.8 Å². The molecule has 1 atom stereocenters. The van der Waals surface area contributed by atoms with Crippen LogP contribution in [0.1, 0.15) is 28.2 Å². The van der Waals surface area contributed by atoms with E-state index in [0.717, 1.165) is 31.7 Å². The van der Waals surface area contributed by atoms with Crippen molar-refractivity contribution in [3.8, 4) is 17.8 Å². The molecule has 9 nitrogen and oxygen atoms in total. The van der Waals surface area contributed by atoms with Gasteiger partial charge in [-0.2, -0.15) is 15.1 Å². The summed E-state index contributed by atoms with van der Waals surface area (Å²) in [6, 6.07) is 22.0. The van der Waals surface area contributed by atoms with E-state index in [9.17, 15) is 0 Å². The summed E-state index contributed by atoms with van der Waals surface area (Å²) in [5.41, 5.74) is 4.63. The molecule has 0 spiro atoms. The first-order valence-corrected chi connectivity index (χ1v) is 13.2. The number of rotatable bonds is 10. The Bertz CT molecular complexity index is 1290. The lowest BCUT2D eigenvalue weighted by Gasteiger charge is -2.45. The summed E-state index contributed by atoms with van der Waals surface area (Å²) in [6.07, 6.45) is 4.07. The third kappa shape index (κ3) is 7.48. The standard InChI is InChI=1S/C30H36N6O3.2ClH/c1-34-18-22(17-31-34)19-36-16-15-35(20-25-28(37-2)32-30(39-4)33-29(25)38-3)21-26(36)27(23-11-7-5-8-12-23)24-13-9-6-10-14-24;;/h5-14,17-18,26-27H,15-16,19-21H2,1-4H3;2*1H/t26-;;/m0../s1. The first-order valence-electron chi connectivity index (χ1n) is 13.2. The van der Waals surface area contributed by atoms with Crippen molar-refractivity contribution >= 4 is 24.8 Å². The summed E-state index contributed by atoms with van der Waals surface area (Å²) >= 11 is 0. The molecule has 5 rings (SSSR count). The smallest absolute Gasteiger partial charge is 0.322 e. The van der Waals surface area contributed by atoms with Crippen LogP contribution in [0.5, 0.6) is 17.8 Å². The van der Waals surface area contributed by atoms with Crippen molar-refractivity contribution < 1.29 is 14.2 Å². The minimum atomic E-state index is 0. The Morgan fingerprint density at radius 1 is 0.805 bits per heavy atom. The van der Waals surface area contributed by atoms with E-state index in [0.29, 0.717) is 18.3 Å². The van der Waals surface area contributed by atoms with Gasteiger partial charge in [-0.25, -0.2) is 0 Å². The van der Waals surface area contributed by atoms with E-state index in [1.165, 1.54) is 23.8 Å². The predicted octanol–water partition coefficient (Wildman–Crippen LogP) is 4.60. The number of nitrogens with zero attached hydrogens (tertiary/aromatic N) is 6. The third-order valence-electron chi connectivity index (χ3n) is 7.33. The zero-order valence-corrected chi connectivity index (χ0v) is 25.5. The second-order valence-electron chi connectivity index (χ2n) is 9.80. The number of ether oxygens (including phenoxy) is 3. The summed E-state index contributed by atoms with van der Waals surface area (Å²) in [4.78, 5) is 13.9. The molecule has 41 heavy (non-hydrogen) atoms. The van der Waals surface area contributed by atoms with Gasteiger partial charge in [0.1, 0.15) is 0 Å². The lowest BCUT2D eigenvalue weighted by atomic mass is 9.83. The molecule has 3 heterocycles. The number of piperazine rings is 1. The van der Waals surface area contributed by atoms with Gasteiger partial charge in [0.25, 0.3) is 0 Å². The minimum absolute atomic E-state index is 0. The maximum Gasteiger partial charge on any atom is 0.322 e. The summed E-state index contributed by atoms with van der Waals surface area (Å²) in [7, 11) is 6.72. The number of aryl methyl sites for hydroxylation is 1. The molecule has 0 bridgehead atoms. The van der Waals surface area contributed by atoms with Crippen LogP contribution in [0.4, 0.5) is 0 Å². The lowest BCUT2D eigenvalue weighted by Crippen LogP contribution is -2.54. The molecule has 0 unspecified atom stereocenters. The van der Waals surface area contributed by atoms with Crippen molar-refractivity contribution in [2.75, 3.05) is 41.0 Å². The van der Waals surface area contributed by atoms with Crippen LogP contribution in [-0.2, 0) is 20.1 Å². The van der Waals surface area contributed by atoms with Gasteiger partial charge >= 0.3 is 6.01 Å². The van der Waals surface area contributed by atoms with Crippen LogP contribution in [-0.4, -0.2) is 76.6 Å². The summed E-state index contributed by atoms with van der Waals surface area (Å²) in [6.45, 7) is 4.06. The van der Waals surface area contributed by atoms with Crippen LogP contribution in [0.25, 0.3) is 0 Å². The van der Waals surface area contributed by atoms with Crippen molar-refractivity contribution in [3.63, 3.8) is 0 Å². The highest BCUT2D eigenvalue weighted by Crippen LogP contribution is 2.35. The second kappa shape index (κ2) is 15.0. The maximum atomic E-state index is 5.63. The Balaban J connectivity index is 0.00000231. The maximum absolute atomic E-state index is 5.63. The zero-order chi connectivity index (χ0) is 27.2. The Morgan fingerprint density at radius 3 is 1.88 bits per heavy atom. The molecule has 2 aromatic carbocycles. The summed E-state index contributed by atoms with van der Waals surface area (Å²) in [5.74, 6) is 1.12. The number of methoxy groups -OCH3 is 3. The van der Waals surface area contributed by atoms with E-state index in [-0.39, 0.29) is 42.8 Å². The Labute approximate surface area is 254 Å². The van der Waals surface area contributed by atoms with Crippen LogP contribution < -0.4 is 14.2 Å². The van der Waals surface area contributed by atoms with Gasteiger partial charge in [0.05, 0.1) is 33.1 Å². The van der Waals surface area contributed by atoms with Gasteiger partial charge in [-0.05, 0) is 11.1 Å². The van der Waals surface area contributed by atoms with Crippen LogP contribution >= 0.6 is 24.8 Å². The molecule has 2 aromatic heterocycles. The van der Waals surface area contributed by atoms with E-state index in [1.807, 2.05) is 17.9 Å². The topological polar surface area (TPSA) is 77.8 Å². The molecule has 1 aliphatic heterocycles. The number of hydrogen-bond acceptors (Lipinski definition) is 8. The molecule has 0 amide bonds. The molecule has 4 aromatic rings. The summed E-state index contributed by atoms with van der Waals surface area (Å²) in [5, 5.41) is 4.42. The van der Waals surface area contributed by atoms with Gasteiger partial charge in [-0.3, -0.25) is 14.5 Å². The van der Waals surface area contributed by atoms with Crippen molar-refractivity contribution in [2.45, 2.75) is 25.0 Å². The SMILES string of the molecule is COc1nc(OC)c(CN2CCN(Cc3cnn(C)c3)[C@H](C(c3ccccc3)c3ccccc3)C2)c(OC)n1.Cl.Cl. The molecule has 0 N–H and O–H groups in total. The molecule has 0 saturated carbocycles. The Kier molecular flexibility index (Phi) is 11.8. The third-order valence-corrected chi connectivity index (χ3v) is 7.33. The van der Waals surface area contributed by atoms with E-state index in [4.69, 9.17) is 14.2 Å². The van der Waals surface area contributed by atoms with Crippen molar-refractivity contribution in [2.24, 2.45) is 7.05 Å². The zero-order valence-electron chi connectivity index (χ0n) is 23.8. The molecular formula is C30H38Cl2N6O3. The second-order valence-corrected chi connectivity index (χ2v) is 9.80. The van der Waals surface area contributed by atoms with Gasteiger partial charge in [0, 0.05) is 63.5 Å². The monoisotopic (exact) mass is 600 g/mol. The molecule has 0 aliphatic carbocycles. The quantitative estimate of drug-likeness (QED) is 0.261. The van der Waals surface area contributed by atoms with Crippen molar-refractivity contribution in [1.29, 1.82) is 0 Å². The van der Waals surface area contributed by atoms with Gasteiger partial charge in [-0.1, -0.05) is 60.7 Å². The van der Waals surface area contributed by atoms with Gasteiger partial charge in [0.2, 0.25) is 11.8 Å². The first-order chi connectivity index (χ1) is 19.1. The number of hydrogen-bond donors (Lipinski definition) is 0. The minimum Gasteiger partial charge on any atom is -0.481 e. The molecular weight excluding hydrogens is 563 g/mol. The molecule has 11 heteroatoms. The van der Waals surface area contributed by atoms with E-state index < -0.39 is 0 Å². The molecule has 220 valence electrons. The lowest BCUT2D eigenvalue weighted by molar-refractivity contribution is 0.0545. The van der Waals surface area contributed by atoms with Crippen molar-refractivity contribution in [1.82, 2.24) is 29.5 Å². The van der Waals surface area contributed by atoms with E-state index in [2.05, 4.69) is 91.7 Å². The van der Waals surface area contributed by atoms with Crippen LogP contribution in [0.15, 0.2) is 73.1 Å². The normalized spacial score (nSPS) is 15.6. The van der Waals surface area contributed by atoms with Crippen LogP contribution in [0, 0.1) is 0 Å². The predicted molar refractivity (Wildman–Crippen MR) is 164 cm³/mol. The fraction of sp³-hybridized carbons (Fsp3) is 0.367. The van der Waals surface area contributed by atoms with E-state index in [1.54, 1.807) is 14.2 Å². The summed E-state index contributed by atoms with van der Waals surface area (Å²) < 4.78 is 18.4. The number of aromatic nitrogens is 4. The molecule has 0 radical (unpaired) electrons. The fourth-order valence-corrected chi connectivity index (χ4v) is 5.52. The highest BCUT2D eigenvalue weighted by molar-refractivity contribution is 5.85. The van der Waals surface area contributed by atoms with E-state index >= 15 is 0 Å². The largest absolute Gasteiger partial charge is 0.481 e. The van der Waals surface area contributed by atoms with Gasteiger partial charge in [0.15, 0.2) is 0 Å². The highest BCUT2D eigenvalue weighted by atomic mass is 35.5. The fourth-order valence-electron chi connectivity index (χ4n) is 5.52. The molecule has 1 aliphatic rings. The van der Waals surface area contributed by atoms with Crippen molar-refractivity contribution in [3.05, 3.63) is 95.3 Å². The number of halogens is 2. The average Bonchev–Trinajstić information content (AvgIpc) is 3.39. The first kappa shape index (κ1) is 32.1. The molecule has 1 saturated heterocycles.